The summed E-state index contributed by atoms with van der Waals surface area (Å²) in [5.41, 5.74) is 2.16. The lowest BCUT2D eigenvalue weighted by molar-refractivity contribution is 0.101. The minimum absolute atomic E-state index is 0.151. The van der Waals surface area contributed by atoms with E-state index >= 15 is 0 Å². The molecule has 3 nitrogen and oxygen atoms in total. The normalized spacial score (nSPS) is 10.3. The average molecular weight is 287 g/mol. The van der Waals surface area contributed by atoms with Crippen molar-refractivity contribution >= 4 is 11.5 Å². The second-order valence-electron chi connectivity index (χ2n) is 4.93. The van der Waals surface area contributed by atoms with Crippen LogP contribution in [0.25, 0.3) is 0 Å². The summed E-state index contributed by atoms with van der Waals surface area (Å²) in [6.07, 6.45) is 0. The van der Waals surface area contributed by atoms with Crippen LogP contribution in [0.4, 0.5) is 10.1 Å². The highest BCUT2D eigenvalue weighted by Gasteiger charge is 2.13. The van der Waals surface area contributed by atoms with Crippen LogP contribution in [0, 0.1) is 5.82 Å². The van der Waals surface area contributed by atoms with Crippen molar-refractivity contribution in [2.75, 3.05) is 19.1 Å². The highest BCUT2D eigenvalue weighted by molar-refractivity contribution is 5.99. The largest absolute Gasteiger partial charge is 0.497 e. The molecule has 4 heteroatoms. The van der Waals surface area contributed by atoms with E-state index in [-0.39, 0.29) is 5.78 Å². The van der Waals surface area contributed by atoms with Gasteiger partial charge in [-0.3, -0.25) is 4.79 Å². The van der Waals surface area contributed by atoms with Crippen molar-refractivity contribution in [2.24, 2.45) is 0 Å². The number of carbonyl (C=O) groups excluding carboxylic acids is 1. The fraction of sp³-hybridized carbons (Fsp3) is 0.235. The van der Waals surface area contributed by atoms with Gasteiger partial charge in [-0.15, -0.1) is 0 Å². The number of hydrogen-bond donors (Lipinski definition) is 0. The number of rotatable bonds is 5. The zero-order valence-electron chi connectivity index (χ0n) is 12.4. The van der Waals surface area contributed by atoms with Gasteiger partial charge < -0.3 is 9.64 Å². The Morgan fingerprint density at radius 3 is 2.67 bits per heavy atom. The third kappa shape index (κ3) is 3.60. The Morgan fingerprint density at radius 2 is 2.00 bits per heavy atom. The molecule has 2 rings (SSSR count). The van der Waals surface area contributed by atoms with Crippen LogP contribution < -0.4 is 9.64 Å². The van der Waals surface area contributed by atoms with Crippen LogP contribution in [0.2, 0.25) is 0 Å². The van der Waals surface area contributed by atoms with Gasteiger partial charge in [-0.1, -0.05) is 12.1 Å². The third-order valence-electron chi connectivity index (χ3n) is 3.30. The summed E-state index contributed by atoms with van der Waals surface area (Å²) >= 11 is 0. The SMILES string of the molecule is COc1cccc(CN(C)c2ccc(F)cc2C(C)=O)c1. The van der Waals surface area contributed by atoms with Crippen molar-refractivity contribution in [3.63, 3.8) is 0 Å². The van der Waals surface area contributed by atoms with Gasteiger partial charge in [0.2, 0.25) is 0 Å². The van der Waals surface area contributed by atoms with E-state index in [1.165, 1.54) is 19.1 Å². The minimum Gasteiger partial charge on any atom is -0.497 e. The molecule has 0 saturated heterocycles. The first-order valence-corrected chi connectivity index (χ1v) is 6.66. The number of halogens is 1. The van der Waals surface area contributed by atoms with Crippen LogP contribution in [-0.4, -0.2) is 19.9 Å². The summed E-state index contributed by atoms with van der Waals surface area (Å²) in [5, 5.41) is 0. The van der Waals surface area contributed by atoms with Gasteiger partial charge in [0.1, 0.15) is 11.6 Å². The van der Waals surface area contributed by atoms with Crippen molar-refractivity contribution in [2.45, 2.75) is 13.5 Å². The topological polar surface area (TPSA) is 29.5 Å². The Hall–Kier alpha value is -2.36. The molecule has 0 aliphatic carbocycles. The van der Waals surface area contributed by atoms with Gasteiger partial charge in [0, 0.05) is 24.8 Å². The maximum absolute atomic E-state index is 13.3. The van der Waals surface area contributed by atoms with E-state index in [0.717, 1.165) is 11.3 Å². The molecule has 0 aliphatic rings. The van der Waals surface area contributed by atoms with Crippen LogP contribution >= 0.6 is 0 Å². The summed E-state index contributed by atoms with van der Waals surface area (Å²) in [6.45, 7) is 2.04. The van der Waals surface area contributed by atoms with Gasteiger partial charge in [-0.05, 0) is 42.8 Å². The molecule has 0 unspecified atom stereocenters. The number of ether oxygens (including phenoxy) is 1. The van der Waals surface area contributed by atoms with Crippen molar-refractivity contribution in [3.05, 3.63) is 59.4 Å². The molecule has 2 aromatic rings. The van der Waals surface area contributed by atoms with Gasteiger partial charge in [0.15, 0.2) is 5.78 Å². The number of hydrogen-bond acceptors (Lipinski definition) is 3. The maximum atomic E-state index is 13.3. The monoisotopic (exact) mass is 287 g/mol. The molecule has 0 spiro atoms. The lowest BCUT2D eigenvalue weighted by atomic mass is 10.1. The Balaban J connectivity index is 2.27. The number of anilines is 1. The molecule has 0 heterocycles. The molecular weight excluding hydrogens is 269 g/mol. The molecule has 0 aliphatic heterocycles. The van der Waals surface area contributed by atoms with Gasteiger partial charge in [-0.25, -0.2) is 4.39 Å². The van der Waals surface area contributed by atoms with Gasteiger partial charge in [0.25, 0.3) is 0 Å². The molecule has 0 aromatic heterocycles. The van der Waals surface area contributed by atoms with E-state index in [1.807, 2.05) is 36.2 Å². The molecule has 2 aromatic carbocycles. The number of ketones is 1. The van der Waals surface area contributed by atoms with Crippen LogP contribution in [0.15, 0.2) is 42.5 Å². The lowest BCUT2D eigenvalue weighted by Crippen LogP contribution is -2.19. The quantitative estimate of drug-likeness (QED) is 0.786. The molecule has 0 N–H and O–H groups in total. The number of carbonyl (C=O) groups is 1. The number of nitrogens with zero attached hydrogens (tertiary/aromatic N) is 1. The van der Waals surface area contributed by atoms with Crippen molar-refractivity contribution in [1.29, 1.82) is 0 Å². The zero-order chi connectivity index (χ0) is 15.4. The Labute approximate surface area is 124 Å². The van der Waals surface area contributed by atoms with Crippen LogP contribution in [-0.2, 0) is 6.54 Å². The van der Waals surface area contributed by atoms with Crippen LogP contribution in [0.5, 0.6) is 5.75 Å². The highest BCUT2D eigenvalue weighted by atomic mass is 19.1. The molecule has 0 amide bonds. The summed E-state index contributed by atoms with van der Waals surface area (Å²) in [7, 11) is 3.50. The van der Waals surface area contributed by atoms with E-state index in [0.29, 0.717) is 17.8 Å². The molecule has 0 fully saturated rings. The van der Waals surface area contributed by atoms with Crippen LogP contribution in [0.1, 0.15) is 22.8 Å². The molecular formula is C17H18FNO2. The highest BCUT2D eigenvalue weighted by Crippen LogP contribution is 2.23. The second kappa shape index (κ2) is 6.39. The van der Waals surface area contributed by atoms with Crippen molar-refractivity contribution in [1.82, 2.24) is 0 Å². The van der Waals surface area contributed by atoms with E-state index < -0.39 is 5.82 Å². The number of Topliss-reactive ketones (excluding diaryl/α,β-unsaturated/α-hetero) is 1. The standard InChI is InChI=1S/C17H18FNO2/c1-12(20)16-10-14(18)7-8-17(16)19(2)11-13-5-4-6-15(9-13)21-3/h4-10H,11H2,1-3H3. The Kier molecular flexibility index (Phi) is 4.58. The molecule has 110 valence electrons. The summed E-state index contributed by atoms with van der Waals surface area (Å²) in [4.78, 5) is 13.6. The minimum atomic E-state index is -0.404. The molecule has 0 bridgehead atoms. The fourth-order valence-electron chi connectivity index (χ4n) is 2.25. The Morgan fingerprint density at radius 1 is 1.24 bits per heavy atom. The van der Waals surface area contributed by atoms with E-state index in [4.69, 9.17) is 4.74 Å². The third-order valence-corrected chi connectivity index (χ3v) is 3.30. The van der Waals surface area contributed by atoms with Crippen molar-refractivity contribution < 1.29 is 13.9 Å². The fourth-order valence-corrected chi connectivity index (χ4v) is 2.25. The first-order valence-electron chi connectivity index (χ1n) is 6.66. The van der Waals surface area contributed by atoms with E-state index in [1.54, 1.807) is 13.2 Å². The van der Waals surface area contributed by atoms with Gasteiger partial charge >= 0.3 is 0 Å². The Bertz CT molecular complexity index is 655. The smallest absolute Gasteiger partial charge is 0.161 e. The number of benzene rings is 2. The molecule has 21 heavy (non-hydrogen) atoms. The number of methoxy groups -OCH3 is 1. The predicted octanol–water partition coefficient (Wildman–Crippen LogP) is 3.67. The summed E-state index contributed by atoms with van der Waals surface area (Å²) in [5.74, 6) is 0.229. The average Bonchev–Trinajstić information content (AvgIpc) is 2.47. The predicted molar refractivity (Wildman–Crippen MR) is 81.5 cm³/mol. The van der Waals surface area contributed by atoms with Gasteiger partial charge in [0.05, 0.1) is 7.11 Å². The molecule has 0 radical (unpaired) electrons. The maximum Gasteiger partial charge on any atom is 0.161 e. The lowest BCUT2D eigenvalue weighted by Gasteiger charge is -2.22. The first kappa shape index (κ1) is 15.0. The first-order chi connectivity index (χ1) is 10.0. The van der Waals surface area contributed by atoms with E-state index in [9.17, 15) is 9.18 Å². The van der Waals surface area contributed by atoms with Crippen molar-refractivity contribution in [3.8, 4) is 5.75 Å². The second-order valence-corrected chi connectivity index (χ2v) is 4.93. The summed E-state index contributed by atoms with van der Waals surface area (Å²) in [6, 6.07) is 12.0. The van der Waals surface area contributed by atoms with Gasteiger partial charge in [-0.2, -0.15) is 0 Å². The molecule has 0 atom stereocenters. The summed E-state index contributed by atoms with van der Waals surface area (Å²) < 4.78 is 18.5. The van der Waals surface area contributed by atoms with E-state index in [2.05, 4.69) is 0 Å². The zero-order valence-corrected chi connectivity index (χ0v) is 12.4. The molecule has 0 saturated carbocycles. The van der Waals surface area contributed by atoms with Crippen LogP contribution in [0.3, 0.4) is 0 Å².